The van der Waals surface area contributed by atoms with E-state index in [4.69, 9.17) is 5.73 Å². The summed E-state index contributed by atoms with van der Waals surface area (Å²) in [4.78, 5) is 12.1. The highest BCUT2D eigenvalue weighted by atomic mass is 16.1. The maximum absolute atomic E-state index is 12.1. The van der Waals surface area contributed by atoms with E-state index in [1.807, 2.05) is 25.1 Å². The van der Waals surface area contributed by atoms with Gasteiger partial charge in [-0.2, -0.15) is 0 Å². The topological polar surface area (TPSA) is 55.1 Å². The van der Waals surface area contributed by atoms with E-state index in [0.717, 1.165) is 30.5 Å². The lowest BCUT2D eigenvalue weighted by Crippen LogP contribution is -2.35. The minimum atomic E-state index is 0.0299. The molecule has 1 aromatic rings. The number of nitrogens with two attached hydrogens (primary N) is 1. The molecule has 0 radical (unpaired) electrons. The van der Waals surface area contributed by atoms with E-state index in [1.54, 1.807) is 0 Å². The Kier molecular flexibility index (Phi) is 4.59. The number of amides is 1. The van der Waals surface area contributed by atoms with Crippen LogP contribution >= 0.6 is 0 Å². The van der Waals surface area contributed by atoms with Gasteiger partial charge in [-0.1, -0.05) is 12.5 Å². The molecule has 0 spiro atoms. The molecule has 2 atom stereocenters. The first-order valence-electron chi connectivity index (χ1n) is 7.17. The fraction of sp³-hybridized carbons (Fsp3) is 0.562. The zero-order valence-electron chi connectivity index (χ0n) is 11.9. The number of aryl methyl sites for hydroxylation is 2. The molecule has 0 aromatic heterocycles. The van der Waals surface area contributed by atoms with Gasteiger partial charge in [-0.3, -0.25) is 4.79 Å². The maximum atomic E-state index is 12.1. The van der Waals surface area contributed by atoms with Crippen molar-refractivity contribution in [1.29, 1.82) is 0 Å². The fourth-order valence-electron chi connectivity index (χ4n) is 2.74. The largest absolute Gasteiger partial charge is 0.352 e. The van der Waals surface area contributed by atoms with Crippen molar-refractivity contribution < 1.29 is 4.79 Å². The summed E-state index contributed by atoms with van der Waals surface area (Å²) in [6.07, 6.45) is 4.53. The Morgan fingerprint density at radius 2 is 2.11 bits per heavy atom. The molecule has 3 heteroatoms. The Balaban J connectivity index is 1.88. The van der Waals surface area contributed by atoms with Crippen molar-refractivity contribution in [3.8, 4) is 0 Å². The van der Waals surface area contributed by atoms with E-state index in [2.05, 4.69) is 12.2 Å². The van der Waals surface area contributed by atoms with Crippen LogP contribution in [-0.4, -0.2) is 18.5 Å². The molecule has 2 rings (SSSR count). The molecule has 1 saturated carbocycles. The number of hydrogen-bond donors (Lipinski definition) is 2. The summed E-state index contributed by atoms with van der Waals surface area (Å²) in [5.41, 5.74) is 9.10. The van der Waals surface area contributed by atoms with Gasteiger partial charge in [0, 0.05) is 18.2 Å². The van der Waals surface area contributed by atoms with Crippen molar-refractivity contribution in [2.45, 2.75) is 45.6 Å². The molecule has 3 N–H and O–H groups in total. The Labute approximate surface area is 115 Å². The lowest BCUT2D eigenvalue weighted by atomic mass is 9.86. The maximum Gasteiger partial charge on any atom is 0.251 e. The zero-order valence-corrected chi connectivity index (χ0v) is 11.9. The van der Waals surface area contributed by atoms with Crippen molar-refractivity contribution in [2.24, 2.45) is 11.7 Å². The quantitative estimate of drug-likeness (QED) is 0.877. The standard InChI is InChI=1S/C16H24N2O/c1-11-6-7-14(8-12(11)2)16(19)18-10-13-4-3-5-15(17)9-13/h6-8,13,15H,3-5,9-10,17H2,1-2H3,(H,18,19). The van der Waals surface area contributed by atoms with Gasteiger partial charge in [0.1, 0.15) is 0 Å². The Bertz CT molecular complexity index is 456. The predicted octanol–water partition coefficient (Wildman–Crippen LogP) is 2.55. The summed E-state index contributed by atoms with van der Waals surface area (Å²) in [6.45, 7) is 4.84. The molecular weight excluding hydrogens is 236 g/mol. The first-order chi connectivity index (χ1) is 9.06. The number of carbonyl (C=O) groups is 1. The minimum Gasteiger partial charge on any atom is -0.352 e. The number of rotatable bonds is 3. The Morgan fingerprint density at radius 1 is 1.32 bits per heavy atom. The molecule has 0 saturated heterocycles. The number of nitrogens with one attached hydrogen (secondary N) is 1. The monoisotopic (exact) mass is 260 g/mol. The smallest absolute Gasteiger partial charge is 0.251 e. The van der Waals surface area contributed by atoms with Crippen LogP contribution in [0.3, 0.4) is 0 Å². The molecule has 1 aliphatic rings. The first kappa shape index (κ1) is 14.1. The molecular formula is C16H24N2O. The van der Waals surface area contributed by atoms with Crippen molar-refractivity contribution in [1.82, 2.24) is 5.32 Å². The van der Waals surface area contributed by atoms with E-state index >= 15 is 0 Å². The van der Waals surface area contributed by atoms with E-state index in [9.17, 15) is 4.79 Å². The zero-order chi connectivity index (χ0) is 13.8. The van der Waals surface area contributed by atoms with Gasteiger partial charge < -0.3 is 11.1 Å². The SMILES string of the molecule is Cc1ccc(C(=O)NCC2CCCC(N)C2)cc1C. The van der Waals surface area contributed by atoms with Crippen LogP contribution in [0.2, 0.25) is 0 Å². The van der Waals surface area contributed by atoms with Crippen LogP contribution in [0.15, 0.2) is 18.2 Å². The first-order valence-corrected chi connectivity index (χ1v) is 7.17. The third kappa shape index (κ3) is 3.80. The van der Waals surface area contributed by atoms with Crippen LogP contribution in [0.4, 0.5) is 0 Å². The van der Waals surface area contributed by atoms with Crippen LogP contribution in [0, 0.1) is 19.8 Å². The highest BCUT2D eigenvalue weighted by Crippen LogP contribution is 2.22. The summed E-state index contributed by atoms with van der Waals surface area (Å²) in [5.74, 6) is 0.571. The average molecular weight is 260 g/mol. The van der Waals surface area contributed by atoms with Gasteiger partial charge in [0.25, 0.3) is 5.91 Å². The molecule has 3 nitrogen and oxygen atoms in total. The summed E-state index contributed by atoms with van der Waals surface area (Å²) in [7, 11) is 0. The summed E-state index contributed by atoms with van der Waals surface area (Å²) < 4.78 is 0. The molecule has 104 valence electrons. The summed E-state index contributed by atoms with van der Waals surface area (Å²) in [6, 6.07) is 6.17. The van der Waals surface area contributed by atoms with Crippen LogP contribution in [0.1, 0.15) is 47.2 Å². The fourth-order valence-corrected chi connectivity index (χ4v) is 2.74. The van der Waals surface area contributed by atoms with E-state index < -0.39 is 0 Å². The van der Waals surface area contributed by atoms with Gasteiger partial charge in [0.05, 0.1) is 0 Å². The van der Waals surface area contributed by atoms with Gasteiger partial charge in [-0.25, -0.2) is 0 Å². The van der Waals surface area contributed by atoms with E-state index in [1.165, 1.54) is 18.4 Å². The highest BCUT2D eigenvalue weighted by molar-refractivity contribution is 5.94. The van der Waals surface area contributed by atoms with Gasteiger partial charge in [0.15, 0.2) is 0 Å². The predicted molar refractivity (Wildman–Crippen MR) is 78.2 cm³/mol. The molecule has 19 heavy (non-hydrogen) atoms. The van der Waals surface area contributed by atoms with Crippen LogP contribution in [-0.2, 0) is 0 Å². The minimum absolute atomic E-state index is 0.0299. The van der Waals surface area contributed by atoms with Gasteiger partial charge in [0.2, 0.25) is 0 Å². The van der Waals surface area contributed by atoms with Crippen molar-refractivity contribution >= 4 is 5.91 Å². The second kappa shape index (κ2) is 6.20. The average Bonchev–Trinajstić information content (AvgIpc) is 2.39. The molecule has 0 aliphatic heterocycles. The van der Waals surface area contributed by atoms with Gasteiger partial charge >= 0.3 is 0 Å². The second-order valence-corrected chi connectivity index (χ2v) is 5.80. The summed E-state index contributed by atoms with van der Waals surface area (Å²) in [5, 5.41) is 3.04. The third-order valence-corrected chi connectivity index (χ3v) is 4.14. The van der Waals surface area contributed by atoms with E-state index in [0.29, 0.717) is 12.0 Å². The molecule has 1 fully saturated rings. The van der Waals surface area contributed by atoms with Crippen LogP contribution in [0.25, 0.3) is 0 Å². The number of carbonyl (C=O) groups excluding carboxylic acids is 1. The molecule has 1 aromatic carbocycles. The molecule has 0 heterocycles. The number of hydrogen-bond acceptors (Lipinski definition) is 2. The lowest BCUT2D eigenvalue weighted by molar-refractivity contribution is 0.0942. The highest BCUT2D eigenvalue weighted by Gasteiger charge is 2.19. The molecule has 1 amide bonds. The molecule has 0 bridgehead atoms. The van der Waals surface area contributed by atoms with E-state index in [-0.39, 0.29) is 5.91 Å². The number of benzene rings is 1. The molecule has 1 aliphatic carbocycles. The second-order valence-electron chi connectivity index (χ2n) is 5.80. The van der Waals surface area contributed by atoms with Crippen LogP contribution < -0.4 is 11.1 Å². The normalized spacial score (nSPS) is 23.1. The molecule has 2 unspecified atom stereocenters. The Morgan fingerprint density at radius 3 is 2.79 bits per heavy atom. The van der Waals surface area contributed by atoms with Crippen molar-refractivity contribution in [2.75, 3.05) is 6.54 Å². The summed E-state index contributed by atoms with van der Waals surface area (Å²) >= 11 is 0. The van der Waals surface area contributed by atoms with Gasteiger partial charge in [-0.05, 0) is 62.3 Å². The Hall–Kier alpha value is -1.35. The lowest BCUT2D eigenvalue weighted by Gasteiger charge is -2.26. The van der Waals surface area contributed by atoms with Crippen LogP contribution in [0.5, 0.6) is 0 Å². The van der Waals surface area contributed by atoms with Gasteiger partial charge in [-0.15, -0.1) is 0 Å². The van der Waals surface area contributed by atoms with Crippen molar-refractivity contribution in [3.05, 3.63) is 34.9 Å². The van der Waals surface area contributed by atoms with Crippen molar-refractivity contribution in [3.63, 3.8) is 0 Å². The third-order valence-electron chi connectivity index (χ3n) is 4.14.